The molecule has 3 rings (SSSR count). The van der Waals surface area contributed by atoms with Gasteiger partial charge in [-0.1, -0.05) is 0 Å². The fraction of sp³-hybridized carbons (Fsp3) is 0. The minimum absolute atomic E-state index is 0. The van der Waals surface area contributed by atoms with E-state index in [1.807, 2.05) is 12.1 Å². The zero-order valence-electron chi connectivity index (χ0n) is 9.58. The molecule has 0 spiro atoms. The molecule has 0 amide bonds. The van der Waals surface area contributed by atoms with Crippen molar-refractivity contribution in [2.45, 2.75) is 0 Å². The van der Waals surface area contributed by atoms with E-state index in [9.17, 15) is 0 Å². The molecule has 0 fully saturated rings. The van der Waals surface area contributed by atoms with Gasteiger partial charge in [0.15, 0.2) is 0 Å². The molecular formula is C12H13I4NOSe. The van der Waals surface area contributed by atoms with Crippen LogP contribution in [0.2, 0.25) is 0 Å². The van der Waals surface area contributed by atoms with Crippen molar-refractivity contribution < 1.29 is 29.5 Å². The first-order valence-electron chi connectivity index (χ1n) is 4.51. The number of aromatic nitrogens is 1. The van der Waals surface area contributed by atoms with Gasteiger partial charge in [0.25, 0.3) is 0 Å². The first kappa shape index (κ1) is 25.6. The average Bonchev–Trinajstić information content (AvgIpc) is 2.26. The molecule has 1 aromatic heterocycles. The zero-order valence-corrected chi connectivity index (χ0v) is 20.4. The van der Waals surface area contributed by atoms with Crippen LogP contribution < -0.4 is 24.0 Å². The topological polar surface area (TPSA) is 44.4 Å². The molecule has 1 heterocycles. The number of hydrogen-bond donors (Lipinski definition) is 0. The van der Waals surface area contributed by atoms with Crippen LogP contribution in [0.25, 0.3) is 19.6 Å². The zero-order chi connectivity index (χ0) is 9.38. The number of nitrogens with zero attached hydrogens (tertiary/aromatic N) is 1. The van der Waals surface area contributed by atoms with Crippen molar-refractivity contribution in [1.82, 2.24) is 4.98 Å². The van der Waals surface area contributed by atoms with Gasteiger partial charge in [0, 0.05) is 0 Å². The number of benzene rings is 2. The summed E-state index contributed by atoms with van der Waals surface area (Å²) in [5.74, 6) is 0. The Bertz CT molecular complexity index is 518. The second-order valence-corrected chi connectivity index (χ2v) is 5.42. The molecule has 0 unspecified atom stereocenters. The van der Waals surface area contributed by atoms with Gasteiger partial charge in [-0.15, -0.1) is 71.9 Å². The van der Waals surface area contributed by atoms with E-state index in [1.54, 1.807) is 0 Å². The van der Waals surface area contributed by atoms with Gasteiger partial charge in [0.1, 0.15) is 0 Å². The maximum absolute atomic E-state index is 4.62. The van der Waals surface area contributed by atoms with Crippen molar-refractivity contribution in [1.29, 1.82) is 0 Å². The average molecular weight is 774 g/mol. The molecule has 19 heavy (non-hydrogen) atoms. The SMILES string of the molecule is I.I.I.O.[I-].c1ccc2[se+]c3ccccc3nc2c1. The standard InChI is InChI=1S/C12H8NSe.4HI.H2O/c1-3-7-11-9(5-1)13-10-6-2-4-8-12(10)14-11;;;;;/h1-8H;4*1H;1H2/q+1;;;;;/p-1. The predicted molar refractivity (Wildman–Crippen MR) is 110 cm³/mol. The fourth-order valence-electron chi connectivity index (χ4n) is 1.52. The molecule has 0 bridgehead atoms. The van der Waals surface area contributed by atoms with E-state index in [-0.39, 0.29) is 101 Å². The maximum atomic E-state index is 4.62. The van der Waals surface area contributed by atoms with Crippen LogP contribution in [0.5, 0.6) is 0 Å². The summed E-state index contributed by atoms with van der Waals surface area (Å²) in [4.78, 5) is 4.62. The third-order valence-corrected chi connectivity index (χ3v) is 4.56. The third kappa shape index (κ3) is 6.10. The number of halogens is 4. The van der Waals surface area contributed by atoms with Crippen molar-refractivity contribution >= 4 is 106 Å². The van der Waals surface area contributed by atoms with Gasteiger partial charge in [-0.3, -0.25) is 0 Å². The second kappa shape index (κ2) is 12.2. The molecule has 7 heteroatoms. The summed E-state index contributed by atoms with van der Waals surface area (Å²) in [6.07, 6.45) is 0. The summed E-state index contributed by atoms with van der Waals surface area (Å²) in [7, 11) is 0. The van der Waals surface area contributed by atoms with Gasteiger partial charge in [-0.2, -0.15) is 0 Å². The van der Waals surface area contributed by atoms with Gasteiger partial charge >= 0.3 is 87.6 Å². The molecule has 2 nitrogen and oxygen atoms in total. The van der Waals surface area contributed by atoms with Gasteiger partial charge in [-0.25, -0.2) is 0 Å². The molecule has 0 radical (unpaired) electrons. The van der Waals surface area contributed by atoms with Crippen molar-refractivity contribution in [2.24, 2.45) is 0 Å². The van der Waals surface area contributed by atoms with Crippen LogP contribution in [0.3, 0.4) is 0 Å². The van der Waals surface area contributed by atoms with E-state index in [1.165, 1.54) is 8.52 Å². The molecule has 0 aliphatic carbocycles. The van der Waals surface area contributed by atoms with Crippen LogP contribution in [0.1, 0.15) is 0 Å². The van der Waals surface area contributed by atoms with E-state index >= 15 is 0 Å². The van der Waals surface area contributed by atoms with Crippen molar-refractivity contribution in [2.75, 3.05) is 0 Å². The Morgan fingerprint density at radius 2 is 1.05 bits per heavy atom. The van der Waals surface area contributed by atoms with Crippen LogP contribution >= 0.6 is 71.9 Å². The van der Waals surface area contributed by atoms with Gasteiger partial charge < -0.3 is 29.5 Å². The van der Waals surface area contributed by atoms with Crippen LogP contribution in [0.15, 0.2) is 48.5 Å². The van der Waals surface area contributed by atoms with E-state index in [0.29, 0.717) is 14.5 Å². The number of rotatable bonds is 0. The van der Waals surface area contributed by atoms with E-state index in [4.69, 9.17) is 0 Å². The van der Waals surface area contributed by atoms with Gasteiger partial charge in [-0.05, 0) is 0 Å². The van der Waals surface area contributed by atoms with Crippen LogP contribution in [0.4, 0.5) is 0 Å². The van der Waals surface area contributed by atoms with Gasteiger partial charge in [0.05, 0.1) is 0 Å². The van der Waals surface area contributed by atoms with E-state index < -0.39 is 0 Å². The van der Waals surface area contributed by atoms with Gasteiger partial charge in [0.2, 0.25) is 0 Å². The summed E-state index contributed by atoms with van der Waals surface area (Å²) in [5, 5.41) is 0. The molecular weight excluding hydrogens is 761 g/mol. The number of hydrogen-bond acceptors (Lipinski definition) is 1. The van der Waals surface area contributed by atoms with Crippen LogP contribution in [-0.4, -0.2) is 25.0 Å². The Kier molecular flexibility index (Phi) is 16.4. The third-order valence-electron chi connectivity index (χ3n) is 2.19. The Balaban J connectivity index is -0.000000512. The molecule has 0 saturated carbocycles. The Morgan fingerprint density at radius 3 is 1.47 bits per heavy atom. The number of fused-ring (bicyclic) bond motifs is 2. The van der Waals surface area contributed by atoms with E-state index in [0.717, 1.165) is 11.0 Å². The molecule has 0 aliphatic rings. The monoisotopic (exact) mass is 775 g/mol. The summed E-state index contributed by atoms with van der Waals surface area (Å²) in [5.41, 5.74) is 2.29. The van der Waals surface area contributed by atoms with E-state index in [2.05, 4.69) is 41.4 Å². The predicted octanol–water partition coefficient (Wildman–Crippen LogP) is 0.759. The Hall–Kier alpha value is 1.64. The molecule has 3 aromatic rings. The quantitative estimate of drug-likeness (QED) is 0.189. The fourth-order valence-corrected chi connectivity index (χ4v) is 3.55. The Morgan fingerprint density at radius 1 is 0.684 bits per heavy atom. The van der Waals surface area contributed by atoms with Crippen molar-refractivity contribution in [3.63, 3.8) is 0 Å². The Labute approximate surface area is 186 Å². The molecule has 0 saturated heterocycles. The minimum atomic E-state index is 0. The van der Waals surface area contributed by atoms with Crippen LogP contribution in [-0.2, 0) is 0 Å². The molecule has 0 aliphatic heterocycles. The number of para-hydroxylation sites is 2. The second-order valence-electron chi connectivity index (χ2n) is 3.15. The molecule has 0 atom stereocenters. The van der Waals surface area contributed by atoms with Crippen molar-refractivity contribution in [3.8, 4) is 0 Å². The summed E-state index contributed by atoms with van der Waals surface area (Å²) < 4.78 is 2.78. The molecule has 106 valence electrons. The first-order chi connectivity index (χ1) is 6.93. The first-order valence-corrected chi connectivity index (χ1v) is 6.22. The summed E-state index contributed by atoms with van der Waals surface area (Å²) in [6.45, 7) is 0. The van der Waals surface area contributed by atoms with Crippen LogP contribution in [0, 0.1) is 0 Å². The molecule has 2 N–H and O–H groups in total. The summed E-state index contributed by atoms with van der Waals surface area (Å²) >= 11 is 0.426. The molecule has 2 aromatic carbocycles. The normalized spacial score (nSPS) is 8.00. The summed E-state index contributed by atoms with van der Waals surface area (Å²) in [6, 6.07) is 16.8. The van der Waals surface area contributed by atoms with Crippen molar-refractivity contribution in [3.05, 3.63) is 48.5 Å².